The molecule has 0 saturated carbocycles. The van der Waals surface area contributed by atoms with E-state index in [2.05, 4.69) is 9.98 Å². The molecule has 2 aromatic carbocycles. The number of primary amides is 2. The number of aliphatic imine (C=N–C) groups is 2. The van der Waals surface area contributed by atoms with E-state index < -0.39 is 47.7 Å². The molecule has 11 nitrogen and oxygen atoms in total. The first-order valence-electron chi connectivity index (χ1n) is 11.3. The predicted octanol–water partition coefficient (Wildman–Crippen LogP) is 0.934. The lowest BCUT2D eigenvalue weighted by Crippen LogP contribution is -2.36. The van der Waals surface area contributed by atoms with Gasteiger partial charge in [-0.2, -0.15) is 9.98 Å². The van der Waals surface area contributed by atoms with Crippen LogP contribution in [0.1, 0.15) is 24.0 Å². The van der Waals surface area contributed by atoms with Crippen LogP contribution in [0.4, 0.5) is 0 Å². The van der Waals surface area contributed by atoms with Crippen LogP contribution in [0, 0.1) is 11.8 Å². The quantitative estimate of drug-likeness (QED) is 0.165. The van der Waals surface area contributed by atoms with Gasteiger partial charge in [-0.15, -0.1) is 0 Å². The number of ether oxygens (including phenoxy) is 1. The van der Waals surface area contributed by atoms with E-state index >= 15 is 0 Å². The second-order valence-corrected chi connectivity index (χ2v) is 8.26. The van der Waals surface area contributed by atoms with Crippen LogP contribution in [0.25, 0.3) is 0 Å². The number of rotatable bonds is 14. The number of esters is 2. The fourth-order valence-corrected chi connectivity index (χ4v) is 3.70. The molecule has 0 aliphatic heterocycles. The van der Waals surface area contributed by atoms with E-state index in [9.17, 15) is 28.8 Å². The van der Waals surface area contributed by atoms with E-state index in [-0.39, 0.29) is 25.7 Å². The van der Waals surface area contributed by atoms with Crippen LogP contribution < -0.4 is 11.5 Å². The summed E-state index contributed by atoms with van der Waals surface area (Å²) in [7, 11) is 0. The monoisotopic (exact) mass is 506 g/mol. The summed E-state index contributed by atoms with van der Waals surface area (Å²) in [6.07, 6.45) is 2.09. The van der Waals surface area contributed by atoms with Gasteiger partial charge in [0.1, 0.15) is 0 Å². The zero-order valence-corrected chi connectivity index (χ0v) is 19.8. The summed E-state index contributed by atoms with van der Waals surface area (Å²) >= 11 is 0. The molecule has 2 rings (SSSR count). The third-order valence-corrected chi connectivity index (χ3v) is 5.63. The fourth-order valence-electron chi connectivity index (χ4n) is 3.70. The SMILES string of the molecule is NC(=O)C(Cc1ccccc1)C[C@H](N=C=O)C(=O)OC(=O)[C@H](CC(Cc1ccccc1)C(N)=O)N=C=O. The number of hydrogen-bond donors (Lipinski definition) is 2. The molecule has 192 valence electrons. The van der Waals surface area contributed by atoms with E-state index in [1.54, 1.807) is 60.7 Å². The molecule has 0 heterocycles. The van der Waals surface area contributed by atoms with Gasteiger partial charge in [-0.05, 0) is 36.8 Å². The smallest absolute Gasteiger partial charge is 0.339 e. The van der Waals surface area contributed by atoms with Gasteiger partial charge in [-0.25, -0.2) is 19.2 Å². The van der Waals surface area contributed by atoms with Crippen molar-refractivity contribution in [2.24, 2.45) is 33.3 Å². The zero-order chi connectivity index (χ0) is 27.2. The van der Waals surface area contributed by atoms with Gasteiger partial charge in [-0.3, -0.25) is 9.59 Å². The maximum absolute atomic E-state index is 12.7. The van der Waals surface area contributed by atoms with Crippen molar-refractivity contribution in [3.63, 3.8) is 0 Å². The number of nitrogens with two attached hydrogens (primary N) is 2. The zero-order valence-electron chi connectivity index (χ0n) is 19.8. The van der Waals surface area contributed by atoms with Crippen LogP contribution in [-0.2, 0) is 46.3 Å². The normalized spacial score (nSPS) is 13.5. The number of carbonyl (C=O) groups excluding carboxylic acids is 6. The van der Waals surface area contributed by atoms with Crippen molar-refractivity contribution in [3.8, 4) is 0 Å². The minimum Gasteiger partial charge on any atom is -0.390 e. The Bertz CT molecular complexity index is 1100. The van der Waals surface area contributed by atoms with Gasteiger partial charge in [0.15, 0.2) is 12.1 Å². The summed E-state index contributed by atoms with van der Waals surface area (Å²) < 4.78 is 4.81. The van der Waals surface area contributed by atoms with Crippen molar-refractivity contribution < 1.29 is 33.5 Å². The Morgan fingerprint density at radius 2 is 1.03 bits per heavy atom. The van der Waals surface area contributed by atoms with Gasteiger partial charge in [-0.1, -0.05) is 60.7 Å². The molecule has 4 atom stereocenters. The number of benzene rings is 2. The standard InChI is InChI=1S/C26H26N4O7/c27-23(33)19(11-17-7-3-1-4-8-17)13-21(29-15-31)25(35)37-26(36)22(30-16-32)14-20(24(28)34)12-18-9-5-2-6-10-18/h1-10,19-22H,11-14H2,(H2,27,33)(H2,28,34)/t19?,20?,21-,22-/m0/s1. The predicted molar refractivity (Wildman–Crippen MR) is 130 cm³/mol. The van der Waals surface area contributed by atoms with Crippen LogP contribution in [0.15, 0.2) is 70.6 Å². The largest absolute Gasteiger partial charge is 0.390 e. The molecular weight excluding hydrogens is 480 g/mol. The highest BCUT2D eigenvalue weighted by Crippen LogP contribution is 2.19. The molecule has 0 spiro atoms. The van der Waals surface area contributed by atoms with Crippen LogP contribution in [0.2, 0.25) is 0 Å². The average Bonchev–Trinajstić information content (AvgIpc) is 2.88. The first-order chi connectivity index (χ1) is 17.7. The molecule has 4 N–H and O–H groups in total. The number of hydrogen-bond acceptors (Lipinski definition) is 9. The Morgan fingerprint density at radius 3 is 1.32 bits per heavy atom. The van der Waals surface area contributed by atoms with Gasteiger partial charge < -0.3 is 16.2 Å². The Balaban J connectivity index is 2.14. The maximum atomic E-state index is 12.7. The minimum absolute atomic E-state index is 0.153. The van der Waals surface area contributed by atoms with E-state index in [1.807, 2.05) is 0 Å². The van der Waals surface area contributed by atoms with Crippen molar-refractivity contribution in [2.45, 2.75) is 37.8 Å². The maximum Gasteiger partial charge on any atom is 0.339 e. The lowest BCUT2D eigenvalue weighted by molar-refractivity contribution is -0.161. The van der Waals surface area contributed by atoms with Crippen LogP contribution in [0.5, 0.6) is 0 Å². The van der Waals surface area contributed by atoms with Crippen molar-refractivity contribution >= 4 is 35.9 Å². The van der Waals surface area contributed by atoms with E-state index in [0.29, 0.717) is 0 Å². The molecule has 2 unspecified atom stereocenters. The third-order valence-electron chi connectivity index (χ3n) is 5.63. The van der Waals surface area contributed by atoms with E-state index in [1.165, 1.54) is 12.2 Å². The van der Waals surface area contributed by atoms with Gasteiger partial charge in [0, 0.05) is 11.8 Å². The number of isocyanates is 2. The average molecular weight is 507 g/mol. The second kappa shape index (κ2) is 14.6. The molecule has 37 heavy (non-hydrogen) atoms. The Labute approximate surface area is 212 Å². The van der Waals surface area contributed by atoms with Crippen LogP contribution >= 0.6 is 0 Å². The molecule has 0 aliphatic rings. The molecule has 0 aromatic heterocycles. The topological polar surface area (TPSA) is 188 Å². The van der Waals surface area contributed by atoms with Gasteiger partial charge in [0.25, 0.3) is 0 Å². The number of amides is 2. The second-order valence-electron chi connectivity index (χ2n) is 8.26. The number of nitrogens with zero attached hydrogens (tertiary/aromatic N) is 2. The highest BCUT2D eigenvalue weighted by molar-refractivity contribution is 5.92. The Morgan fingerprint density at radius 1 is 0.676 bits per heavy atom. The van der Waals surface area contributed by atoms with Crippen molar-refractivity contribution in [1.29, 1.82) is 0 Å². The lowest BCUT2D eigenvalue weighted by atomic mass is 9.92. The van der Waals surface area contributed by atoms with E-state index in [4.69, 9.17) is 16.2 Å². The molecule has 0 aliphatic carbocycles. The molecule has 2 amide bonds. The lowest BCUT2D eigenvalue weighted by Gasteiger charge is -2.19. The molecular formula is C26H26N4O7. The van der Waals surface area contributed by atoms with Crippen molar-refractivity contribution in [2.75, 3.05) is 0 Å². The minimum atomic E-state index is -1.57. The Kier molecular flexibility index (Phi) is 11.3. The van der Waals surface area contributed by atoms with E-state index in [0.717, 1.165) is 11.1 Å². The molecule has 0 fully saturated rings. The van der Waals surface area contributed by atoms with Gasteiger partial charge in [0.05, 0.1) is 0 Å². The summed E-state index contributed by atoms with van der Waals surface area (Å²) in [4.78, 5) is 77.9. The van der Waals surface area contributed by atoms with Crippen LogP contribution in [-0.4, -0.2) is 48.0 Å². The Hall–Kier alpha value is -4.72. The van der Waals surface area contributed by atoms with Crippen molar-refractivity contribution in [3.05, 3.63) is 71.8 Å². The summed E-state index contributed by atoms with van der Waals surface area (Å²) in [5.74, 6) is -5.86. The van der Waals surface area contributed by atoms with Gasteiger partial charge in [0.2, 0.25) is 24.0 Å². The summed E-state index contributed by atoms with van der Waals surface area (Å²) in [6, 6.07) is 14.5. The third kappa shape index (κ3) is 9.45. The first kappa shape index (κ1) is 28.5. The molecule has 0 saturated heterocycles. The molecule has 0 radical (unpaired) electrons. The molecule has 11 heteroatoms. The molecule has 0 bridgehead atoms. The summed E-state index contributed by atoms with van der Waals surface area (Å²) in [6.45, 7) is 0. The van der Waals surface area contributed by atoms with Gasteiger partial charge >= 0.3 is 11.9 Å². The van der Waals surface area contributed by atoms with Crippen LogP contribution in [0.3, 0.4) is 0 Å². The fraction of sp³-hybridized carbons (Fsp3) is 0.308. The molecule has 2 aromatic rings. The number of carbonyl (C=O) groups is 4. The van der Waals surface area contributed by atoms with Crippen molar-refractivity contribution in [1.82, 2.24) is 0 Å². The highest BCUT2D eigenvalue weighted by Gasteiger charge is 2.33. The summed E-state index contributed by atoms with van der Waals surface area (Å²) in [5, 5.41) is 0. The summed E-state index contributed by atoms with van der Waals surface area (Å²) in [5.41, 5.74) is 12.4. The highest BCUT2D eigenvalue weighted by atomic mass is 16.6. The first-order valence-corrected chi connectivity index (χ1v) is 11.3.